The molecule has 0 radical (unpaired) electrons. The monoisotopic (exact) mass is 279 g/mol. The minimum Gasteiger partial charge on any atom is -0.497 e. The highest BCUT2D eigenvalue weighted by Gasteiger charge is 2.24. The highest BCUT2D eigenvalue weighted by molar-refractivity contribution is 5.95. The summed E-state index contributed by atoms with van der Waals surface area (Å²) in [6.07, 6.45) is 2.15. The van der Waals surface area contributed by atoms with E-state index in [0.29, 0.717) is 17.1 Å². The summed E-state index contributed by atoms with van der Waals surface area (Å²) in [5, 5.41) is 2.97. The van der Waals surface area contributed by atoms with E-state index in [-0.39, 0.29) is 18.1 Å². The van der Waals surface area contributed by atoms with Crippen molar-refractivity contribution in [1.29, 1.82) is 0 Å². The fraction of sp³-hybridized carbons (Fsp3) is 0.533. The fourth-order valence-corrected chi connectivity index (χ4v) is 2.32. The van der Waals surface area contributed by atoms with Crippen LogP contribution in [0, 0.1) is 0 Å². The molecule has 1 aromatic carbocycles. The highest BCUT2D eigenvalue weighted by atomic mass is 16.5. The molecule has 0 aliphatic carbocycles. The third-order valence-electron chi connectivity index (χ3n) is 3.49. The molecular formula is C15H21NO4. The number of benzene rings is 1. The molecule has 1 aromatic rings. The second-order valence-corrected chi connectivity index (χ2v) is 4.91. The van der Waals surface area contributed by atoms with E-state index in [1.165, 1.54) is 0 Å². The molecule has 2 rings (SSSR count). The van der Waals surface area contributed by atoms with E-state index in [9.17, 15) is 4.79 Å². The molecule has 110 valence electrons. The molecule has 20 heavy (non-hydrogen) atoms. The van der Waals surface area contributed by atoms with E-state index in [2.05, 4.69) is 5.32 Å². The van der Waals surface area contributed by atoms with Crippen molar-refractivity contribution in [2.24, 2.45) is 0 Å². The van der Waals surface area contributed by atoms with Crippen LogP contribution in [0.3, 0.4) is 0 Å². The standard InChI is InChI=1S/C15H21NO4/c1-10(14-5-4-6-20-14)16-15(17)11-7-12(18-2)9-13(8-11)19-3/h7-10,14H,4-6H2,1-3H3,(H,16,17)/t10-,14-/m0/s1. The van der Waals surface area contributed by atoms with Crippen LogP contribution in [-0.2, 0) is 4.74 Å². The van der Waals surface area contributed by atoms with Crippen molar-refractivity contribution in [1.82, 2.24) is 5.32 Å². The Hall–Kier alpha value is -1.75. The number of carbonyl (C=O) groups is 1. The number of hydrogen-bond acceptors (Lipinski definition) is 4. The quantitative estimate of drug-likeness (QED) is 0.895. The van der Waals surface area contributed by atoms with Crippen LogP contribution in [0.2, 0.25) is 0 Å². The maximum Gasteiger partial charge on any atom is 0.251 e. The molecule has 5 nitrogen and oxygen atoms in total. The number of carbonyl (C=O) groups excluding carboxylic acids is 1. The Labute approximate surface area is 119 Å². The van der Waals surface area contributed by atoms with Crippen molar-refractivity contribution in [2.75, 3.05) is 20.8 Å². The number of nitrogens with one attached hydrogen (secondary N) is 1. The molecule has 0 saturated carbocycles. The van der Waals surface area contributed by atoms with Gasteiger partial charge in [-0.1, -0.05) is 0 Å². The predicted molar refractivity (Wildman–Crippen MR) is 75.4 cm³/mol. The van der Waals surface area contributed by atoms with Crippen molar-refractivity contribution >= 4 is 5.91 Å². The first-order chi connectivity index (χ1) is 9.63. The zero-order chi connectivity index (χ0) is 14.5. The van der Waals surface area contributed by atoms with E-state index in [1.54, 1.807) is 32.4 Å². The van der Waals surface area contributed by atoms with E-state index >= 15 is 0 Å². The van der Waals surface area contributed by atoms with Gasteiger partial charge in [0.1, 0.15) is 11.5 Å². The van der Waals surface area contributed by atoms with Crippen LogP contribution >= 0.6 is 0 Å². The fourth-order valence-electron chi connectivity index (χ4n) is 2.32. The smallest absolute Gasteiger partial charge is 0.251 e. The Bertz CT molecular complexity index is 447. The number of hydrogen-bond donors (Lipinski definition) is 1. The number of amides is 1. The van der Waals surface area contributed by atoms with E-state index in [1.807, 2.05) is 6.92 Å². The molecule has 1 saturated heterocycles. The first-order valence-corrected chi connectivity index (χ1v) is 6.79. The molecular weight excluding hydrogens is 258 g/mol. The molecule has 5 heteroatoms. The molecule has 1 heterocycles. The Balaban J connectivity index is 2.07. The van der Waals surface area contributed by atoms with Gasteiger partial charge in [-0.15, -0.1) is 0 Å². The van der Waals surface area contributed by atoms with Gasteiger partial charge in [0.05, 0.1) is 26.4 Å². The third-order valence-corrected chi connectivity index (χ3v) is 3.49. The summed E-state index contributed by atoms with van der Waals surface area (Å²) < 4.78 is 15.9. The molecule has 0 spiro atoms. The lowest BCUT2D eigenvalue weighted by atomic mass is 10.1. The molecule has 0 bridgehead atoms. The maximum atomic E-state index is 12.3. The Morgan fingerprint density at radius 3 is 2.45 bits per heavy atom. The average Bonchev–Trinajstić information content (AvgIpc) is 3.00. The van der Waals surface area contributed by atoms with Gasteiger partial charge in [0, 0.05) is 18.2 Å². The van der Waals surface area contributed by atoms with Gasteiger partial charge >= 0.3 is 0 Å². The van der Waals surface area contributed by atoms with Crippen LogP contribution in [0.15, 0.2) is 18.2 Å². The van der Waals surface area contributed by atoms with Crippen molar-refractivity contribution in [3.05, 3.63) is 23.8 Å². The molecule has 1 aliphatic rings. The summed E-state index contributed by atoms with van der Waals surface area (Å²) in [6, 6.07) is 5.11. The minimum atomic E-state index is -0.148. The SMILES string of the molecule is COc1cc(OC)cc(C(=O)N[C@@H](C)[C@@H]2CCCO2)c1. The normalized spacial score (nSPS) is 19.4. The van der Waals surface area contributed by atoms with Crippen molar-refractivity contribution in [3.8, 4) is 11.5 Å². The summed E-state index contributed by atoms with van der Waals surface area (Å²) >= 11 is 0. The lowest BCUT2D eigenvalue weighted by Crippen LogP contribution is -2.40. The second kappa shape index (κ2) is 6.61. The molecule has 1 aliphatic heterocycles. The summed E-state index contributed by atoms with van der Waals surface area (Å²) in [7, 11) is 3.12. The Morgan fingerprint density at radius 1 is 1.30 bits per heavy atom. The zero-order valence-corrected chi connectivity index (χ0v) is 12.1. The molecule has 1 N–H and O–H groups in total. The van der Waals surface area contributed by atoms with E-state index < -0.39 is 0 Å². The van der Waals surface area contributed by atoms with Crippen molar-refractivity contribution in [2.45, 2.75) is 31.9 Å². The topological polar surface area (TPSA) is 56.8 Å². The second-order valence-electron chi connectivity index (χ2n) is 4.91. The van der Waals surface area contributed by atoms with Gasteiger partial charge in [-0.3, -0.25) is 4.79 Å². The van der Waals surface area contributed by atoms with Gasteiger partial charge in [-0.25, -0.2) is 0 Å². The molecule has 0 unspecified atom stereocenters. The van der Waals surface area contributed by atoms with Gasteiger partial charge in [0.2, 0.25) is 0 Å². The van der Waals surface area contributed by atoms with Crippen molar-refractivity contribution in [3.63, 3.8) is 0 Å². The van der Waals surface area contributed by atoms with Crippen LogP contribution in [0.4, 0.5) is 0 Å². The Kier molecular flexibility index (Phi) is 4.84. The summed E-state index contributed by atoms with van der Waals surface area (Å²) in [5.74, 6) is 1.05. The summed E-state index contributed by atoms with van der Waals surface area (Å²) in [4.78, 5) is 12.3. The third kappa shape index (κ3) is 3.42. The van der Waals surface area contributed by atoms with Gasteiger partial charge in [0.25, 0.3) is 5.91 Å². The maximum absolute atomic E-state index is 12.3. The van der Waals surface area contributed by atoms with Crippen LogP contribution in [0.1, 0.15) is 30.1 Å². The van der Waals surface area contributed by atoms with Gasteiger partial charge in [0.15, 0.2) is 0 Å². The predicted octanol–water partition coefficient (Wildman–Crippen LogP) is 2.00. The van der Waals surface area contributed by atoms with Crippen LogP contribution in [-0.4, -0.2) is 38.9 Å². The lowest BCUT2D eigenvalue weighted by Gasteiger charge is -2.20. The van der Waals surface area contributed by atoms with E-state index in [4.69, 9.17) is 14.2 Å². The molecule has 2 atom stereocenters. The van der Waals surface area contributed by atoms with Crippen LogP contribution in [0.5, 0.6) is 11.5 Å². The average molecular weight is 279 g/mol. The van der Waals surface area contributed by atoms with Crippen LogP contribution in [0.25, 0.3) is 0 Å². The van der Waals surface area contributed by atoms with Crippen LogP contribution < -0.4 is 14.8 Å². The molecule has 1 fully saturated rings. The first-order valence-electron chi connectivity index (χ1n) is 6.79. The summed E-state index contributed by atoms with van der Waals surface area (Å²) in [5.41, 5.74) is 0.519. The largest absolute Gasteiger partial charge is 0.497 e. The number of rotatable bonds is 5. The first kappa shape index (κ1) is 14.7. The van der Waals surface area contributed by atoms with E-state index in [0.717, 1.165) is 19.4 Å². The highest BCUT2D eigenvalue weighted by Crippen LogP contribution is 2.23. The number of methoxy groups -OCH3 is 2. The molecule has 1 amide bonds. The van der Waals surface area contributed by atoms with Gasteiger partial charge < -0.3 is 19.5 Å². The zero-order valence-electron chi connectivity index (χ0n) is 12.1. The summed E-state index contributed by atoms with van der Waals surface area (Å²) in [6.45, 7) is 2.74. The van der Waals surface area contributed by atoms with Gasteiger partial charge in [-0.05, 0) is 31.9 Å². The Morgan fingerprint density at radius 2 is 1.95 bits per heavy atom. The number of ether oxygens (including phenoxy) is 3. The van der Waals surface area contributed by atoms with Crippen molar-refractivity contribution < 1.29 is 19.0 Å². The molecule has 0 aromatic heterocycles. The van der Waals surface area contributed by atoms with Gasteiger partial charge in [-0.2, -0.15) is 0 Å². The minimum absolute atomic E-state index is 0.0119. The lowest BCUT2D eigenvalue weighted by molar-refractivity contribution is 0.0712.